The molecule has 4 aliphatic carbocycles. The van der Waals surface area contributed by atoms with Gasteiger partial charge in [0.15, 0.2) is 5.78 Å². The fraction of sp³-hybridized carbons (Fsp3) is 0.362. The van der Waals surface area contributed by atoms with E-state index < -0.39 is 23.6 Å². The summed E-state index contributed by atoms with van der Waals surface area (Å²) in [5.74, 6) is 0.0991. The van der Waals surface area contributed by atoms with Crippen LogP contribution in [-0.4, -0.2) is 39.5 Å². The van der Waals surface area contributed by atoms with Crippen molar-refractivity contribution in [3.05, 3.63) is 112 Å². The number of ketones is 2. The van der Waals surface area contributed by atoms with Crippen LogP contribution < -0.4 is 16.0 Å². The van der Waals surface area contributed by atoms with Gasteiger partial charge in [0.1, 0.15) is 17.3 Å². The molecule has 4 saturated carbocycles. The first-order valence-electron chi connectivity index (χ1n) is 20.0. The van der Waals surface area contributed by atoms with Crippen molar-refractivity contribution in [3.63, 3.8) is 0 Å². The molecule has 0 aliphatic heterocycles. The predicted molar refractivity (Wildman–Crippen MR) is 220 cm³/mol. The van der Waals surface area contributed by atoms with E-state index in [1.54, 1.807) is 45.0 Å². The summed E-state index contributed by atoms with van der Waals surface area (Å²) in [7, 11) is 0. The minimum Gasteiger partial charge on any atom is -0.507 e. The number of aryl methyl sites for hydroxylation is 1. The molecule has 298 valence electrons. The Morgan fingerprint density at radius 1 is 0.690 bits per heavy atom. The van der Waals surface area contributed by atoms with Gasteiger partial charge in [0, 0.05) is 64.5 Å². The third-order valence-corrected chi connectivity index (χ3v) is 12.6. The van der Waals surface area contributed by atoms with Gasteiger partial charge in [0.2, 0.25) is 5.91 Å². The predicted octanol–water partition coefficient (Wildman–Crippen LogP) is 8.45. The van der Waals surface area contributed by atoms with Crippen LogP contribution in [0.3, 0.4) is 0 Å². The molecule has 0 aromatic heterocycles. The van der Waals surface area contributed by atoms with Crippen LogP contribution in [0.1, 0.15) is 98.3 Å². The van der Waals surface area contributed by atoms with Crippen molar-refractivity contribution in [1.29, 1.82) is 5.26 Å². The van der Waals surface area contributed by atoms with E-state index in [-0.39, 0.29) is 58.4 Å². The highest BCUT2D eigenvalue weighted by molar-refractivity contribution is 6.09. The smallest absolute Gasteiger partial charge is 0.259 e. The molecule has 0 heterocycles. The van der Waals surface area contributed by atoms with Crippen molar-refractivity contribution >= 4 is 46.4 Å². The summed E-state index contributed by atoms with van der Waals surface area (Å²) >= 11 is 0. The molecule has 11 nitrogen and oxygen atoms in total. The molecule has 4 aromatic rings. The van der Waals surface area contributed by atoms with Gasteiger partial charge in [-0.1, -0.05) is 30.3 Å². The number of aromatic hydroxyl groups is 2. The lowest BCUT2D eigenvalue weighted by Crippen LogP contribution is -2.48. The second-order valence-electron chi connectivity index (χ2n) is 16.5. The van der Waals surface area contributed by atoms with E-state index in [1.165, 1.54) is 68.5 Å². The molecule has 3 amide bonds. The zero-order valence-corrected chi connectivity index (χ0v) is 32.9. The molecule has 0 spiro atoms. The highest BCUT2D eigenvalue weighted by Gasteiger charge is 2.50. The van der Waals surface area contributed by atoms with Crippen LogP contribution in [0.4, 0.5) is 17.1 Å². The number of nitrogens with one attached hydrogen (secondary N) is 3. The van der Waals surface area contributed by atoms with E-state index in [9.17, 15) is 39.4 Å². The Morgan fingerprint density at radius 3 is 1.88 bits per heavy atom. The van der Waals surface area contributed by atoms with Crippen molar-refractivity contribution in [3.8, 4) is 17.6 Å². The lowest BCUT2D eigenvalue weighted by molar-refractivity contribution is -0.135. The number of carbonyl (C=O) groups excluding carboxylic acids is 5. The van der Waals surface area contributed by atoms with Crippen molar-refractivity contribution < 1.29 is 34.2 Å². The molecule has 4 aromatic carbocycles. The molecular weight excluding hydrogens is 733 g/mol. The van der Waals surface area contributed by atoms with Crippen LogP contribution in [0.15, 0.2) is 72.8 Å². The van der Waals surface area contributed by atoms with Crippen molar-refractivity contribution in [2.45, 2.75) is 72.1 Å². The number of anilines is 3. The van der Waals surface area contributed by atoms with Crippen LogP contribution in [0.2, 0.25) is 0 Å². The summed E-state index contributed by atoms with van der Waals surface area (Å²) in [6, 6.07) is 21.3. The van der Waals surface area contributed by atoms with Gasteiger partial charge in [-0.15, -0.1) is 0 Å². The molecule has 4 fully saturated rings. The first-order valence-corrected chi connectivity index (χ1v) is 20.0. The summed E-state index contributed by atoms with van der Waals surface area (Å²) in [4.78, 5) is 66.1. The number of Topliss-reactive ketones (excluding diaryl/α,β-unsaturated/α-hetero) is 2. The van der Waals surface area contributed by atoms with Gasteiger partial charge in [-0.2, -0.15) is 5.26 Å². The Balaban J connectivity index is 0.918. The molecule has 1 atom stereocenters. The number of carbonyl (C=O) groups is 5. The maximum atomic E-state index is 13.4. The average Bonchev–Trinajstić information content (AvgIpc) is 3.19. The van der Waals surface area contributed by atoms with Crippen LogP contribution in [0, 0.1) is 67.6 Å². The average molecular weight is 781 g/mol. The Morgan fingerprint density at radius 2 is 1.26 bits per heavy atom. The number of rotatable bonds is 13. The zero-order valence-electron chi connectivity index (χ0n) is 32.9. The first kappa shape index (κ1) is 39.9. The van der Waals surface area contributed by atoms with Gasteiger partial charge in [0.25, 0.3) is 11.8 Å². The number of phenols is 2. The lowest BCUT2D eigenvalue weighted by Gasteiger charge is -2.53. The lowest BCUT2D eigenvalue weighted by atomic mass is 9.51. The third kappa shape index (κ3) is 8.37. The van der Waals surface area contributed by atoms with Crippen LogP contribution in [0.25, 0.3) is 0 Å². The minimum absolute atomic E-state index is 0.0143. The minimum atomic E-state index is -0.910. The summed E-state index contributed by atoms with van der Waals surface area (Å²) in [5, 5.41) is 38.7. The summed E-state index contributed by atoms with van der Waals surface area (Å²) < 4.78 is 0. The van der Waals surface area contributed by atoms with Gasteiger partial charge >= 0.3 is 0 Å². The Hall–Kier alpha value is -6.28. The fourth-order valence-corrected chi connectivity index (χ4v) is 9.61. The molecule has 1 unspecified atom stereocenters. The highest BCUT2D eigenvalue weighted by Crippen LogP contribution is 2.57. The molecule has 8 rings (SSSR count). The van der Waals surface area contributed by atoms with Gasteiger partial charge in [0.05, 0.1) is 17.6 Å². The van der Waals surface area contributed by atoms with E-state index in [2.05, 4.69) is 16.0 Å². The van der Waals surface area contributed by atoms with Gasteiger partial charge in [-0.3, -0.25) is 24.0 Å². The summed E-state index contributed by atoms with van der Waals surface area (Å²) in [5.41, 5.74) is 4.00. The monoisotopic (exact) mass is 780 g/mol. The van der Waals surface area contributed by atoms with Crippen molar-refractivity contribution in [2.75, 3.05) is 16.0 Å². The van der Waals surface area contributed by atoms with Crippen molar-refractivity contribution in [1.82, 2.24) is 0 Å². The Labute approximate surface area is 337 Å². The van der Waals surface area contributed by atoms with Crippen LogP contribution in [-0.2, 0) is 16.0 Å². The molecule has 58 heavy (non-hydrogen) atoms. The molecular formula is C47H48N4O7. The normalized spacial score (nSPS) is 20.8. The van der Waals surface area contributed by atoms with Gasteiger partial charge < -0.3 is 26.2 Å². The SMILES string of the molecule is Cc1ccc(NC(=O)c2ccc(NC(=O)c3ccc(NC(=O)C(CC#N)CC(=O)c4ccc(CC(=O)C5C6CC7CC(C6)CC5C7)cc4)cc3)c(C)c2O)c(C)c1O. The van der Waals surface area contributed by atoms with E-state index in [4.69, 9.17) is 0 Å². The first-order chi connectivity index (χ1) is 27.8. The molecule has 4 bridgehead atoms. The number of nitriles is 1. The van der Waals surface area contributed by atoms with E-state index in [1.807, 2.05) is 18.2 Å². The third-order valence-electron chi connectivity index (χ3n) is 12.6. The molecule has 0 saturated heterocycles. The summed E-state index contributed by atoms with van der Waals surface area (Å²) in [6.45, 7) is 4.98. The van der Waals surface area contributed by atoms with Crippen LogP contribution >= 0.6 is 0 Å². The summed E-state index contributed by atoms with van der Waals surface area (Å²) in [6.07, 6.45) is 6.12. The van der Waals surface area contributed by atoms with Gasteiger partial charge in [-0.25, -0.2) is 0 Å². The zero-order chi connectivity index (χ0) is 41.2. The second-order valence-corrected chi connectivity index (χ2v) is 16.5. The van der Waals surface area contributed by atoms with E-state index in [0.29, 0.717) is 52.1 Å². The number of benzene rings is 4. The number of hydrogen-bond donors (Lipinski definition) is 5. The maximum absolute atomic E-state index is 13.4. The Bertz CT molecular complexity index is 2300. The van der Waals surface area contributed by atoms with Gasteiger partial charge in [-0.05, 0) is 130 Å². The standard InChI is InChI=1S/C47H48N4O7/c1-25-4-14-38(26(2)43(25)54)51-47(58)37-13-15-39(27(3)44(37)55)50-45(56)32-9-11-36(12-10-32)49-46(57)33(16-17-48)24-40(52)31-7-5-28(6-8-31)23-41(53)42-34-19-29-18-30(21-34)22-35(42)20-29/h4-15,29-30,33-35,42,54-55H,16,18-24H2,1-3H3,(H,49,57)(H,50,56)(H,51,58). The molecule has 5 N–H and O–H groups in total. The quantitative estimate of drug-likeness (QED) is 0.0837. The maximum Gasteiger partial charge on any atom is 0.259 e. The van der Waals surface area contributed by atoms with E-state index >= 15 is 0 Å². The number of nitrogens with zero attached hydrogens (tertiary/aromatic N) is 1. The van der Waals surface area contributed by atoms with Crippen LogP contribution in [0.5, 0.6) is 11.5 Å². The second kappa shape index (κ2) is 16.7. The topological polar surface area (TPSA) is 186 Å². The number of hydrogen-bond acceptors (Lipinski definition) is 8. The number of phenolic OH excluding ortho intramolecular Hbond substituents is 2. The fourth-order valence-electron chi connectivity index (χ4n) is 9.61. The molecule has 4 aliphatic rings. The van der Waals surface area contributed by atoms with Crippen molar-refractivity contribution in [2.24, 2.45) is 35.5 Å². The Kier molecular flexibility index (Phi) is 11.5. The largest absolute Gasteiger partial charge is 0.507 e. The highest BCUT2D eigenvalue weighted by atomic mass is 16.3. The number of amides is 3. The molecule has 0 radical (unpaired) electrons. The van der Waals surface area contributed by atoms with E-state index in [0.717, 1.165) is 17.4 Å². The molecule has 11 heteroatoms.